The minimum atomic E-state index is 0.0543. The second-order valence-corrected chi connectivity index (χ2v) is 6.93. The van der Waals surface area contributed by atoms with E-state index in [1.165, 1.54) is 11.1 Å². The molecule has 0 radical (unpaired) electrons. The maximum absolute atomic E-state index is 12.4. The molecular formula is C22H24N2O3. The number of ether oxygens (including phenoxy) is 2. The van der Waals surface area contributed by atoms with Crippen molar-refractivity contribution in [3.8, 4) is 11.5 Å². The largest absolute Gasteiger partial charge is 0.497 e. The number of hydrogen-bond acceptors (Lipinski definition) is 3. The third kappa shape index (κ3) is 3.92. The smallest absolute Gasteiger partial charge is 0.260 e. The van der Waals surface area contributed by atoms with Crippen molar-refractivity contribution in [1.29, 1.82) is 0 Å². The minimum absolute atomic E-state index is 0.0543. The van der Waals surface area contributed by atoms with Gasteiger partial charge in [-0.25, -0.2) is 0 Å². The highest BCUT2D eigenvalue weighted by Crippen LogP contribution is 2.31. The van der Waals surface area contributed by atoms with Crippen LogP contribution in [0.4, 0.5) is 0 Å². The number of hydrogen-bond donors (Lipinski definition) is 1. The van der Waals surface area contributed by atoms with Gasteiger partial charge in [0.1, 0.15) is 11.5 Å². The van der Waals surface area contributed by atoms with E-state index in [4.69, 9.17) is 9.47 Å². The van der Waals surface area contributed by atoms with E-state index >= 15 is 0 Å². The van der Waals surface area contributed by atoms with Gasteiger partial charge in [-0.15, -0.1) is 0 Å². The lowest BCUT2D eigenvalue weighted by Gasteiger charge is -2.31. The molecule has 1 aromatic heterocycles. The Bertz CT molecular complexity index is 912. The maximum atomic E-state index is 12.4. The number of para-hydroxylation sites is 1. The van der Waals surface area contributed by atoms with E-state index in [-0.39, 0.29) is 12.5 Å². The van der Waals surface area contributed by atoms with Crippen molar-refractivity contribution in [3.63, 3.8) is 0 Å². The fourth-order valence-corrected chi connectivity index (χ4v) is 3.67. The summed E-state index contributed by atoms with van der Waals surface area (Å²) in [6.45, 7) is 1.63. The van der Waals surface area contributed by atoms with Crippen LogP contribution in [0.25, 0.3) is 10.9 Å². The summed E-state index contributed by atoms with van der Waals surface area (Å²) in [6.07, 6.45) is 1.92. The molecule has 2 aromatic carbocycles. The summed E-state index contributed by atoms with van der Waals surface area (Å²) in [6, 6.07) is 17.7. The highest BCUT2D eigenvalue weighted by atomic mass is 16.5. The van der Waals surface area contributed by atoms with Gasteiger partial charge in [0.2, 0.25) is 0 Å². The second-order valence-electron chi connectivity index (χ2n) is 6.93. The molecule has 0 spiro atoms. The molecule has 5 nitrogen and oxygen atoms in total. The van der Waals surface area contributed by atoms with Crippen LogP contribution in [0.3, 0.4) is 0 Å². The molecule has 1 aliphatic rings. The first-order valence-corrected chi connectivity index (χ1v) is 9.35. The number of carbonyl (C=O) groups excluding carboxylic acids is 1. The lowest BCUT2D eigenvalue weighted by Crippen LogP contribution is -2.40. The van der Waals surface area contributed by atoms with Gasteiger partial charge in [0.25, 0.3) is 5.91 Å². The first kappa shape index (κ1) is 17.5. The van der Waals surface area contributed by atoms with Crippen molar-refractivity contribution in [2.75, 3.05) is 26.8 Å². The number of aromatic nitrogens is 1. The molecule has 0 bridgehead atoms. The summed E-state index contributed by atoms with van der Waals surface area (Å²) in [7, 11) is 1.68. The third-order valence-electron chi connectivity index (χ3n) is 5.24. The molecule has 5 heteroatoms. The zero-order valence-electron chi connectivity index (χ0n) is 15.5. The van der Waals surface area contributed by atoms with Gasteiger partial charge in [-0.3, -0.25) is 4.79 Å². The summed E-state index contributed by atoms with van der Waals surface area (Å²) >= 11 is 0. The Kier molecular flexibility index (Phi) is 5.01. The van der Waals surface area contributed by atoms with Crippen molar-refractivity contribution < 1.29 is 14.3 Å². The number of likely N-dealkylation sites (tertiary alicyclic amines) is 1. The fourth-order valence-electron chi connectivity index (χ4n) is 3.67. The summed E-state index contributed by atoms with van der Waals surface area (Å²) in [5.41, 5.74) is 2.37. The Morgan fingerprint density at radius 3 is 2.59 bits per heavy atom. The number of carbonyl (C=O) groups is 1. The van der Waals surface area contributed by atoms with Gasteiger partial charge < -0.3 is 19.4 Å². The van der Waals surface area contributed by atoms with E-state index in [0.717, 1.165) is 42.9 Å². The van der Waals surface area contributed by atoms with Crippen LogP contribution >= 0.6 is 0 Å². The number of amides is 1. The Morgan fingerprint density at radius 1 is 1.07 bits per heavy atom. The van der Waals surface area contributed by atoms with Crippen molar-refractivity contribution in [2.24, 2.45) is 0 Å². The van der Waals surface area contributed by atoms with Crippen LogP contribution < -0.4 is 9.47 Å². The standard InChI is InChI=1S/C22H24N2O3/c1-26-19-7-8-20-17(13-19)14-21(23-20)16-9-11-24(12-10-16)22(25)15-27-18-5-3-2-4-6-18/h2-8,13-14,16,23H,9-12,15H2,1H3. The van der Waals surface area contributed by atoms with E-state index in [1.807, 2.05) is 41.3 Å². The molecule has 3 aromatic rings. The topological polar surface area (TPSA) is 54.6 Å². The zero-order valence-corrected chi connectivity index (χ0v) is 15.5. The summed E-state index contributed by atoms with van der Waals surface area (Å²) in [4.78, 5) is 17.8. The average molecular weight is 364 g/mol. The van der Waals surface area contributed by atoms with Gasteiger partial charge >= 0.3 is 0 Å². The van der Waals surface area contributed by atoms with Crippen LogP contribution in [0.15, 0.2) is 54.6 Å². The third-order valence-corrected chi connectivity index (χ3v) is 5.24. The van der Waals surface area contributed by atoms with Crippen LogP contribution in [0.1, 0.15) is 24.5 Å². The number of nitrogens with one attached hydrogen (secondary N) is 1. The number of benzene rings is 2. The van der Waals surface area contributed by atoms with E-state index in [9.17, 15) is 4.79 Å². The quantitative estimate of drug-likeness (QED) is 0.745. The molecule has 1 amide bonds. The summed E-state index contributed by atoms with van der Waals surface area (Å²) in [5.74, 6) is 2.10. The highest BCUT2D eigenvalue weighted by molar-refractivity contribution is 5.82. The van der Waals surface area contributed by atoms with Gasteiger partial charge in [0.15, 0.2) is 6.61 Å². The fraction of sp³-hybridized carbons (Fsp3) is 0.318. The number of H-pyrrole nitrogens is 1. The molecule has 2 heterocycles. The Hall–Kier alpha value is -2.95. The Balaban J connectivity index is 1.33. The first-order chi connectivity index (χ1) is 13.2. The van der Waals surface area contributed by atoms with Crippen LogP contribution in [-0.2, 0) is 4.79 Å². The molecule has 4 rings (SSSR count). The maximum Gasteiger partial charge on any atom is 0.260 e. The normalized spacial score (nSPS) is 15.1. The van der Waals surface area contributed by atoms with Gasteiger partial charge in [-0.2, -0.15) is 0 Å². The number of aromatic amines is 1. The van der Waals surface area contributed by atoms with Crippen LogP contribution in [-0.4, -0.2) is 42.6 Å². The highest BCUT2D eigenvalue weighted by Gasteiger charge is 2.25. The number of methoxy groups -OCH3 is 1. The zero-order chi connectivity index (χ0) is 18.6. The molecule has 1 aliphatic heterocycles. The lowest BCUT2D eigenvalue weighted by atomic mass is 9.93. The Morgan fingerprint density at radius 2 is 1.85 bits per heavy atom. The van der Waals surface area contributed by atoms with Crippen molar-refractivity contribution >= 4 is 16.8 Å². The molecule has 27 heavy (non-hydrogen) atoms. The van der Waals surface area contributed by atoms with Crippen molar-refractivity contribution in [1.82, 2.24) is 9.88 Å². The second kappa shape index (κ2) is 7.74. The number of fused-ring (bicyclic) bond motifs is 1. The first-order valence-electron chi connectivity index (χ1n) is 9.35. The predicted octanol–water partition coefficient (Wildman–Crippen LogP) is 3.96. The van der Waals surface area contributed by atoms with E-state index in [2.05, 4.69) is 23.2 Å². The lowest BCUT2D eigenvalue weighted by molar-refractivity contribution is -0.134. The van der Waals surface area contributed by atoms with Gasteiger partial charge in [0.05, 0.1) is 7.11 Å². The molecule has 0 atom stereocenters. The monoisotopic (exact) mass is 364 g/mol. The number of rotatable bonds is 5. The van der Waals surface area contributed by atoms with Crippen molar-refractivity contribution in [2.45, 2.75) is 18.8 Å². The molecule has 1 saturated heterocycles. The molecular weight excluding hydrogens is 340 g/mol. The molecule has 0 unspecified atom stereocenters. The average Bonchev–Trinajstić information content (AvgIpc) is 3.16. The molecule has 0 aliphatic carbocycles. The van der Waals surface area contributed by atoms with E-state index in [1.54, 1.807) is 7.11 Å². The van der Waals surface area contributed by atoms with Gasteiger partial charge in [-0.05, 0) is 49.2 Å². The Labute approximate surface area is 158 Å². The van der Waals surface area contributed by atoms with Gasteiger partial charge in [-0.1, -0.05) is 18.2 Å². The van der Waals surface area contributed by atoms with E-state index in [0.29, 0.717) is 5.92 Å². The van der Waals surface area contributed by atoms with Crippen LogP contribution in [0.2, 0.25) is 0 Å². The number of nitrogens with zero attached hydrogens (tertiary/aromatic N) is 1. The summed E-state index contributed by atoms with van der Waals surface area (Å²) in [5, 5.41) is 1.17. The van der Waals surface area contributed by atoms with Crippen molar-refractivity contribution in [3.05, 3.63) is 60.3 Å². The van der Waals surface area contributed by atoms with Gasteiger partial charge in [0, 0.05) is 35.6 Å². The van der Waals surface area contributed by atoms with E-state index < -0.39 is 0 Å². The molecule has 1 fully saturated rings. The number of piperidine rings is 1. The van der Waals surface area contributed by atoms with Crippen LogP contribution in [0.5, 0.6) is 11.5 Å². The summed E-state index contributed by atoms with van der Waals surface area (Å²) < 4.78 is 10.9. The van der Waals surface area contributed by atoms with Crippen LogP contribution in [0, 0.1) is 0 Å². The minimum Gasteiger partial charge on any atom is -0.497 e. The molecule has 140 valence electrons. The molecule has 1 N–H and O–H groups in total. The SMILES string of the molecule is COc1ccc2[nH]c(C3CCN(C(=O)COc4ccccc4)CC3)cc2c1. The molecule has 0 saturated carbocycles. The predicted molar refractivity (Wildman–Crippen MR) is 105 cm³/mol.